The Morgan fingerprint density at radius 3 is 2.59 bits per heavy atom. The molecule has 0 atom stereocenters. The third kappa shape index (κ3) is 7.15. The molecule has 0 saturated carbocycles. The number of alkyl halides is 3. The number of nitrogens with one attached hydrogen (secondary N) is 1. The Labute approximate surface area is 270 Å². The van der Waals surface area contributed by atoms with Gasteiger partial charge < -0.3 is 14.4 Å². The highest BCUT2D eigenvalue weighted by atomic mass is 32.1. The van der Waals surface area contributed by atoms with E-state index in [2.05, 4.69) is 49.9 Å². The Morgan fingerprint density at radius 2 is 1.87 bits per heavy atom. The quantitative estimate of drug-likeness (QED) is 0.164. The van der Waals surface area contributed by atoms with Gasteiger partial charge in [0.25, 0.3) is 0 Å². The third-order valence-electron chi connectivity index (χ3n) is 8.82. The number of hydrogen-bond acceptors (Lipinski definition) is 7. The Kier molecular flexibility index (Phi) is 8.99. The molecule has 1 N–H and O–H groups in total. The van der Waals surface area contributed by atoms with Crippen molar-refractivity contribution < 1.29 is 17.7 Å². The van der Waals surface area contributed by atoms with Crippen LogP contribution in [0, 0.1) is 18.3 Å². The molecule has 4 heterocycles. The predicted octanol–water partition coefficient (Wildman–Crippen LogP) is 7.50. The number of aromatic nitrogens is 3. The first-order chi connectivity index (χ1) is 21.9. The van der Waals surface area contributed by atoms with Crippen molar-refractivity contribution in [3.05, 3.63) is 82.1 Å². The lowest BCUT2D eigenvalue weighted by Gasteiger charge is -2.33. The van der Waals surface area contributed by atoms with Gasteiger partial charge in [-0.1, -0.05) is 24.3 Å². The molecule has 7 nitrogen and oxygen atoms in total. The molecule has 0 aliphatic carbocycles. The molecule has 0 unspecified atom stereocenters. The van der Waals surface area contributed by atoms with Gasteiger partial charge in [-0.2, -0.15) is 18.4 Å². The fourth-order valence-electron chi connectivity index (χ4n) is 6.29. The van der Waals surface area contributed by atoms with Crippen LogP contribution in [0.25, 0.3) is 21.1 Å². The summed E-state index contributed by atoms with van der Waals surface area (Å²) in [5, 5.41) is 16.0. The number of fused-ring (bicyclic) bond motifs is 2. The molecular weight excluding hydrogens is 628 g/mol. The predicted molar refractivity (Wildman–Crippen MR) is 180 cm³/mol. The largest absolute Gasteiger partial charge is 0.393 e. The lowest BCUT2D eigenvalue weighted by Crippen LogP contribution is -2.39. The Morgan fingerprint density at radius 1 is 1.09 bits per heavy atom. The van der Waals surface area contributed by atoms with E-state index in [1.165, 1.54) is 17.5 Å². The van der Waals surface area contributed by atoms with E-state index in [1.54, 1.807) is 19.4 Å². The third-order valence-corrected chi connectivity index (χ3v) is 11.4. The number of nitrogens with zero attached hydrogens (tertiary/aromatic N) is 5. The summed E-state index contributed by atoms with van der Waals surface area (Å²) in [6, 6.07) is 18.3. The highest BCUT2D eigenvalue weighted by molar-refractivity contribution is 7.70. The molecule has 1 aliphatic heterocycles. The molecule has 1 fully saturated rings. The standard InChI is InChI=1S/C34H36F3N6OPS/c1-22-24(7-8-31-29(22)16-26(19-38)43(31)14-9-23-5-4-6-27(15-23)45(2,3)44)20-42-12-10-25(11-13-42)41-32-30-17-28(18-34(35,36)37)46-33(30)40-21-39-32/h4-8,15-17,21,25H,9-14,18,20H2,1-3H3,(H,39,40,41). The van der Waals surface area contributed by atoms with E-state index < -0.39 is 19.7 Å². The second kappa shape index (κ2) is 12.8. The lowest BCUT2D eigenvalue weighted by molar-refractivity contribution is -0.126. The minimum absolute atomic E-state index is 0.165. The van der Waals surface area contributed by atoms with Gasteiger partial charge in [-0.05, 0) is 80.5 Å². The molecular formula is C34H36F3N6OPS. The van der Waals surface area contributed by atoms with Crippen LogP contribution in [0.1, 0.15) is 40.1 Å². The maximum absolute atomic E-state index is 12.9. The normalized spacial score (nSPS) is 15.1. The number of hydrogen-bond donors (Lipinski definition) is 1. The summed E-state index contributed by atoms with van der Waals surface area (Å²) in [6.45, 7) is 8.88. The van der Waals surface area contributed by atoms with Crippen LogP contribution in [0.15, 0.2) is 54.9 Å². The molecule has 46 heavy (non-hydrogen) atoms. The Hall–Kier alpha value is -3.71. The van der Waals surface area contributed by atoms with E-state index in [-0.39, 0.29) is 10.9 Å². The van der Waals surface area contributed by atoms with Gasteiger partial charge in [-0.15, -0.1) is 11.3 Å². The van der Waals surface area contributed by atoms with Crippen molar-refractivity contribution in [2.24, 2.45) is 0 Å². The second-order valence-electron chi connectivity index (χ2n) is 12.5. The fraction of sp³-hybridized carbons (Fsp3) is 0.382. The minimum atomic E-state index is -4.26. The number of aryl methyl sites for hydroxylation is 3. The zero-order chi connectivity index (χ0) is 32.6. The molecule has 5 aromatic rings. The van der Waals surface area contributed by atoms with Crippen molar-refractivity contribution >= 4 is 50.7 Å². The average molecular weight is 665 g/mol. The van der Waals surface area contributed by atoms with Crippen molar-refractivity contribution in [3.63, 3.8) is 0 Å². The van der Waals surface area contributed by atoms with Crippen molar-refractivity contribution in [3.8, 4) is 6.07 Å². The molecule has 0 bridgehead atoms. The molecule has 240 valence electrons. The number of anilines is 1. The van der Waals surface area contributed by atoms with Gasteiger partial charge in [-0.3, -0.25) is 4.90 Å². The van der Waals surface area contributed by atoms with Crippen LogP contribution in [0.4, 0.5) is 19.0 Å². The van der Waals surface area contributed by atoms with E-state index in [1.807, 2.05) is 30.3 Å². The zero-order valence-electron chi connectivity index (χ0n) is 26.1. The first-order valence-electron chi connectivity index (χ1n) is 15.3. The summed E-state index contributed by atoms with van der Waals surface area (Å²) in [7, 11) is -2.35. The van der Waals surface area contributed by atoms with E-state index in [4.69, 9.17) is 0 Å². The zero-order valence-corrected chi connectivity index (χ0v) is 27.8. The van der Waals surface area contributed by atoms with Crippen LogP contribution in [-0.2, 0) is 30.5 Å². The van der Waals surface area contributed by atoms with E-state index >= 15 is 0 Å². The second-order valence-corrected chi connectivity index (χ2v) is 16.8. The molecule has 0 spiro atoms. The first-order valence-corrected chi connectivity index (χ1v) is 18.7. The highest BCUT2D eigenvalue weighted by Crippen LogP contribution is 2.35. The van der Waals surface area contributed by atoms with Gasteiger partial charge in [-0.25, -0.2) is 9.97 Å². The van der Waals surface area contributed by atoms with E-state index in [0.29, 0.717) is 28.3 Å². The van der Waals surface area contributed by atoms with Crippen LogP contribution in [0.3, 0.4) is 0 Å². The number of benzene rings is 2. The monoisotopic (exact) mass is 664 g/mol. The van der Waals surface area contributed by atoms with Crippen LogP contribution < -0.4 is 10.6 Å². The van der Waals surface area contributed by atoms with Crippen molar-refractivity contribution in [1.29, 1.82) is 5.26 Å². The van der Waals surface area contributed by atoms with Gasteiger partial charge >= 0.3 is 6.18 Å². The van der Waals surface area contributed by atoms with Gasteiger partial charge in [0.15, 0.2) is 0 Å². The first kappa shape index (κ1) is 32.2. The van der Waals surface area contributed by atoms with Gasteiger partial charge in [0.1, 0.15) is 35.9 Å². The molecule has 2 aromatic carbocycles. The highest BCUT2D eigenvalue weighted by Gasteiger charge is 2.29. The van der Waals surface area contributed by atoms with E-state index in [0.717, 1.165) is 72.0 Å². The maximum atomic E-state index is 12.9. The number of piperidine rings is 1. The van der Waals surface area contributed by atoms with Gasteiger partial charge in [0, 0.05) is 53.3 Å². The number of rotatable bonds is 9. The Balaban J connectivity index is 1.11. The molecule has 0 radical (unpaired) electrons. The summed E-state index contributed by atoms with van der Waals surface area (Å²) in [5.74, 6) is 0.593. The molecule has 6 rings (SSSR count). The summed E-state index contributed by atoms with van der Waals surface area (Å²) >= 11 is 1.06. The topological polar surface area (TPSA) is 86.8 Å². The van der Waals surface area contributed by atoms with Gasteiger partial charge in [0.2, 0.25) is 0 Å². The summed E-state index contributed by atoms with van der Waals surface area (Å²) in [5.41, 5.74) is 5.16. The van der Waals surface area contributed by atoms with Gasteiger partial charge in [0.05, 0.1) is 11.8 Å². The van der Waals surface area contributed by atoms with Crippen molar-refractivity contribution in [2.45, 2.75) is 57.9 Å². The van der Waals surface area contributed by atoms with Crippen LogP contribution >= 0.6 is 18.5 Å². The molecule has 12 heteroatoms. The number of thiophene rings is 1. The molecule has 1 aliphatic rings. The van der Waals surface area contributed by atoms with Crippen LogP contribution in [-0.4, -0.2) is 58.1 Å². The van der Waals surface area contributed by atoms with Crippen LogP contribution in [0.2, 0.25) is 0 Å². The van der Waals surface area contributed by atoms with E-state index in [9.17, 15) is 23.0 Å². The smallest absolute Gasteiger partial charge is 0.367 e. The SMILES string of the molecule is Cc1c(CN2CCC(Nc3ncnc4sc(CC(F)(F)F)cc34)CC2)ccc2c1cc(C#N)n2CCc1cccc(P(C)(C)=O)c1. The van der Waals surface area contributed by atoms with Crippen LogP contribution in [0.5, 0.6) is 0 Å². The lowest BCUT2D eigenvalue weighted by atomic mass is 10.0. The summed E-state index contributed by atoms with van der Waals surface area (Å²) < 4.78 is 53.5. The van der Waals surface area contributed by atoms with Crippen molar-refractivity contribution in [1.82, 2.24) is 19.4 Å². The fourth-order valence-corrected chi connectivity index (χ4v) is 8.24. The maximum Gasteiger partial charge on any atom is 0.393 e. The van der Waals surface area contributed by atoms with Crippen molar-refractivity contribution in [2.75, 3.05) is 31.7 Å². The Bertz CT molecular complexity index is 1980. The summed E-state index contributed by atoms with van der Waals surface area (Å²) in [6.07, 6.45) is -1.31. The molecule has 0 amide bonds. The minimum Gasteiger partial charge on any atom is -0.367 e. The summed E-state index contributed by atoms with van der Waals surface area (Å²) in [4.78, 5) is 11.8. The number of likely N-dealkylation sites (tertiary alicyclic amines) is 1. The average Bonchev–Trinajstić information content (AvgIpc) is 3.58. The number of halogens is 3. The molecule has 3 aromatic heterocycles. The number of nitriles is 1. The molecule has 1 saturated heterocycles.